The van der Waals surface area contributed by atoms with Crippen LogP contribution < -0.4 is 15.8 Å². The average molecular weight is 288 g/mol. The second-order valence-corrected chi connectivity index (χ2v) is 4.52. The van der Waals surface area contributed by atoms with Gasteiger partial charge in [0.15, 0.2) is 0 Å². The standard InChI is InChI=1S/C15H20N4O2/c1-11-13(16)14(20-2)19-15(18-11)17-8-9-21-10-12-6-4-3-5-7-12/h3-7H,8-10,16H2,1-2H3,(H,17,18,19). The van der Waals surface area contributed by atoms with Gasteiger partial charge >= 0.3 is 0 Å². The maximum absolute atomic E-state index is 5.80. The van der Waals surface area contributed by atoms with Crippen molar-refractivity contribution in [2.45, 2.75) is 13.5 Å². The zero-order chi connectivity index (χ0) is 15.1. The Bertz CT molecular complexity index is 575. The Labute approximate surface area is 124 Å². The third-order valence-electron chi connectivity index (χ3n) is 2.94. The van der Waals surface area contributed by atoms with Crippen molar-refractivity contribution in [1.82, 2.24) is 9.97 Å². The summed E-state index contributed by atoms with van der Waals surface area (Å²) in [5, 5.41) is 3.09. The van der Waals surface area contributed by atoms with Gasteiger partial charge < -0.3 is 20.5 Å². The normalized spacial score (nSPS) is 10.4. The summed E-state index contributed by atoms with van der Waals surface area (Å²) >= 11 is 0. The molecule has 6 heteroatoms. The number of hydrogen-bond donors (Lipinski definition) is 2. The number of nitrogen functional groups attached to an aromatic ring is 1. The van der Waals surface area contributed by atoms with Gasteiger partial charge in [-0.05, 0) is 12.5 Å². The van der Waals surface area contributed by atoms with Crippen LogP contribution in [0.2, 0.25) is 0 Å². The van der Waals surface area contributed by atoms with Gasteiger partial charge in [-0.3, -0.25) is 0 Å². The number of anilines is 2. The number of methoxy groups -OCH3 is 1. The predicted molar refractivity (Wildman–Crippen MR) is 82.3 cm³/mol. The number of nitrogens with two attached hydrogens (primary N) is 1. The lowest BCUT2D eigenvalue weighted by molar-refractivity contribution is 0.130. The van der Waals surface area contributed by atoms with E-state index in [0.29, 0.717) is 43.0 Å². The number of nitrogens with one attached hydrogen (secondary N) is 1. The third-order valence-corrected chi connectivity index (χ3v) is 2.94. The molecule has 1 aromatic heterocycles. The Kier molecular flexibility index (Phi) is 5.34. The molecule has 0 aliphatic rings. The quantitative estimate of drug-likeness (QED) is 0.758. The summed E-state index contributed by atoms with van der Waals surface area (Å²) in [7, 11) is 1.53. The van der Waals surface area contributed by atoms with Crippen molar-refractivity contribution < 1.29 is 9.47 Å². The van der Waals surface area contributed by atoms with E-state index < -0.39 is 0 Å². The predicted octanol–water partition coefficient (Wildman–Crippen LogP) is 2.00. The number of rotatable bonds is 7. The van der Waals surface area contributed by atoms with Crippen LogP contribution in [-0.2, 0) is 11.3 Å². The van der Waals surface area contributed by atoms with Crippen molar-refractivity contribution in [2.75, 3.05) is 31.3 Å². The van der Waals surface area contributed by atoms with Gasteiger partial charge in [0.05, 0.1) is 26.0 Å². The van der Waals surface area contributed by atoms with Gasteiger partial charge in [0.2, 0.25) is 11.8 Å². The van der Waals surface area contributed by atoms with Gasteiger partial charge in [-0.15, -0.1) is 0 Å². The van der Waals surface area contributed by atoms with Crippen molar-refractivity contribution in [3.63, 3.8) is 0 Å². The SMILES string of the molecule is COc1nc(NCCOCc2ccccc2)nc(C)c1N. The van der Waals surface area contributed by atoms with E-state index in [2.05, 4.69) is 15.3 Å². The van der Waals surface area contributed by atoms with Gasteiger partial charge in [-0.1, -0.05) is 30.3 Å². The van der Waals surface area contributed by atoms with E-state index in [9.17, 15) is 0 Å². The van der Waals surface area contributed by atoms with Crippen LogP contribution in [0, 0.1) is 6.92 Å². The van der Waals surface area contributed by atoms with Crippen LogP contribution in [0.15, 0.2) is 30.3 Å². The van der Waals surface area contributed by atoms with E-state index in [0.717, 1.165) is 5.56 Å². The zero-order valence-electron chi connectivity index (χ0n) is 12.3. The number of aromatic nitrogens is 2. The Morgan fingerprint density at radius 1 is 1.19 bits per heavy atom. The molecule has 0 unspecified atom stereocenters. The van der Waals surface area contributed by atoms with E-state index >= 15 is 0 Å². The van der Waals surface area contributed by atoms with Crippen LogP contribution in [0.1, 0.15) is 11.3 Å². The minimum atomic E-state index is 0.384. The van der Waals surface area contributed by atoms with Crippen LogP contribution in [0.25, 0.3) is 0 Å². The molecule has 1 heterocycles. The van der Waals surface area contributed by atoms with Crippen molar-refractivity contribution in [3.05, 3.63) is 41.6 Å². The fraction of sp³-hybridized carbons (Fsp3) is 0.333. The minimum Gasteiger partial charge on any atom is -0.479 e. The monoisotopic (exact) mass is 288 g/mol. The van der Waals surface area contributed by atoms with E-state index in [1.54, 1.807) is 0 Å². The van der Waals surface area contributed by atoms with Gasteiger partial charge in [0, 0.05) is 6.54 Å². The third kappa shape index (κ3) is 4.32. The molecule has 0 spiro atoms. The first kappa shape index (κ1) is 15.1. The molecule has 6 nitrogen and oxygen atoms in total. The van der Waals surface area contributed by atoms with Crippen LogP contribution in [0.3, 0.4) is 0 Å². The van der Waals surface area contributed by atoms with Gasteiger partial charge in [-0.25, -0.2) is 4.98 Å². The number of ether oxygens (including phenoxy) is 2. The van der Waals surface area contributed by atoms with E-state index in [4.69, 9.17) is 15.2 Å². The van der Waals surface area contributed by atoms with E-state index in [1.807, 2.05) is 37.3 Å². The molecule has 0 saturated heterocycles. The molecule has 2 aromatic rings. The Hall–Kier alpha value is -2.34. The van der Waals surface area contributed by atoms with E-state index in [1.165, 1.54) is 7.11 Å². The average Bonchev–Trinajstić information content (AvgIpc) is 2.51. The molecule has 0 atom stereocenters. The first-order chi connectivity index (χ1) is 10.2. The molecular formula is C15H20N4O2. The Morgan fingerprint density at radius 2 is 1.95 bits per heavy atom. The summed E-state index contributed by atoms with van der Waals surface area (Å²) in [4.78, 5) is 8.44. The lowest BCUT2D eigenvalue weighted by Gasteiger charge is -2.10. The highest BCUT2D eigenvalue weighted by molar-refractivity contribution is 5.54. The van der Waals surface area contributed by atoms with Crippen molar-refractivity contribution >= 4 is 11.6 Å². The molecule has 0 bridgehead atoms. The van der Waals surface area contributed by atoms with Gasteiger partial charge in [-0.2, -0.15) is 4.98 Å². The van der Waals surface area contributed by atoms with Crippen molar-refractivity contribution in [2.24, 2.45) is 0 Å². The summed E-state index contributed by atoms with van der Waals surface area (Å²) in [6.45, 7) is 3.58. The molecular weight excluding hydrogens is 268 g/mol. The van der Waals surface area contributed by atoms with Crippen LogP contribution in [-0.4, -0.2) is 30.2 Å². The molecule has 2 rings (SSSR count). The van der Waals surface area contributed by atoms with Crippen LogP contribution >= 0.6 is 0 Å². The second kappa shape index (κ2) is 7.44. The fourth-order valence-corrected chi connectivity index (χ4v) is 1.79. The van der Waals surface area contributed by atoms with Gasteiger partial charge in [0.1, 0.15) is 5.69 Å². The number of aryl methyl sites for hydroxylation is 1. The van der Waals surface area contributed by atoms with Crippen LogP contribution in [0.4, 0.5) is 11.6 Å². The Morgan fingerprint density at radius 3 is 2.67 bits per heavy atom. The van der Waals surface area contributed by atoms with Crippen molar-refractivity contribution in [3.8, 4) is 5.88 Å². The number of benzene rings is 1. The first-order valence-corrected chi connectivity index (χ1v) is 6.74. The summed E-state index contributed by atoms with van der Waals surface area (Å²) in [5.74, 6) is 0.872. The molecule has 0 radical (unpaired) electrons. The summed E-state index contributed by atoms with van der Waals surface area (Å²) < 4.78 is 10.7. The lowest BCUT2D eigenvalue weighted by atomic mass is 10.2. The maximum atomic E-state index is 5.80. The molecule has 21 heavy (non-hydrogen) atoms. The van der Waals surface area contributed by atoms with E-state index in [-0.39, 0.29) is 0 Å². The molecule has 0 fully saturated rings. The topological polar surface area (TPSA) is 82.3 Å². The molecule has 0 aliphatic heterocycles. The van der Waals surface area contributed by atoms with Crippen molar-refractivity contribution in [1.29, 1.82) is 0 Å². The molecule has 0 saturated carbocycles. The highest BCUT2D eigenvalue weighted by atomic mass is 16.5. The fourth-order valence-electron chi connectivity index (χ4n) is 1.79. The largest absolute Gasteiger partial charge is 0.479 e. The lowest BCUT2D eigenvalue weighted by Crippen LogP contribution is -2.13. The second-order valence-electron chi connectivity index (χ2n) is 4.52. The Balaban J connectivity index is 1.77. The maximum Gasteiger partial charge on any atom is 0.242 e. The first-order valence-electron chi connectivity index (χ1n) is 6.74. The van der Waals surface area contributed by atoms with Gasteiger partial charge in [0.25, 0.3) is 0 Å². The molecule has 1 aromatic carbocycles. The number of hydrogen-bond acceptors (Lipinski definition) is 6. The molecule has 0 amide bonds. The molecule has 112 valence electrons. The summed E-state index contributed by atoms with van der Waals surface area (Å²) in [6, 6.07) is 10.0. The molecule has 0 aliphatic carbocycles. The highest BCUT2D eigenvalue weighted by Gasteiger charge is 2.08. The van der Waals surface area contributed by atoms with Crippen LogP contribution in [0.5, 0.6) is 5.88 Å². The number of nitrogens with zero attached hydrogens (tertiary/aromatic N) is 2. The molecule has 3 N–H and O–H groups in total. The summed E-state index contributed by atoms with van der Waals surface area (Å²) in [5.41, 5.74) is 8.10. The summed E-state index contributed by atoms with van der Waals surface area (Å²) in [6.07, 6.45) is 0. The highest BCUT2D eigenvalue weighted by Crippen LogP contribution is 2.21. The minimum absolute atomic E-state index is 0.384. The zero-order valence-corrected chi connectivity index (χ0v) is 12.3. The smallest absolute Gasteiger partial charge is 0.242 e.